The van der Waals surface area contributed by atoms with Gasteiger partial charge in [0.05, 0.1) is 0 Å². The summed E-state index contributed by atoms with van der Waals surface area (Å²) in [5.41, 5.74) is 0. The van der Waals surface area contributed by atoms with Crippen molar-refractivity contribution in [2.75, 3.05) is 0 Å². The molecule has 0 amide bonds. The zero-order valence-corrected chi connectivity index (χ0v) is 9.20. The van der Waals surface area contributed by atoms with Crippen LogP contribution in [0.3, 0.4) is 0 Å². The van der Waals surface area contributed by atoms with Gasteiger partial charge in [-0.05, 0) is 12.8 Å². The fourth-order valence-corrected chi connectivity index (χ4v) is 1.23. The van der Waals surface area contributed by atoms with Crippen LogP contribution >= 0.6 is 0 Å². The van der Waals surface area contributed by atoms with Gasteiger partial charge in [0.25, 0.3) is 0 Å². The molecule has 0 aliphatic rings. The molecule has 0 bridgehead atoms. The molecular weight excluding hydrogens is 174 g/mol. The van der Waals surface area contributed by atoms with Gasteiger partial charge in [-0.15, -0.1) is 0 Å². The monoisotopic (exact) mass is 186 g/mol. The summed E-state index contributed by atoms with van der Waals surface area (Å²) in [6, 6.07) is 0. The number of carbonyl (C=O) groups excluding carboxylic acids is 2. The maximum absolute atomic E-state index is 10.4. The van der Waals surface area contributed by atoms with Crippen molar-refractivity contribution in [2.45, 2.75) is 26.7 Å². The van der Waals surface area contributed by atoms with Crippen LogP contribution in [-0.2, 0) is 9.59 Å². The summed E-state index contributed by atoms with van der Waals surface area (Å²) in [5, 5.41) is 20.9. The van der Waals surface area contributed by atoms with Gasteiger partial charge >= 0.3 is 37.7 Å². The number of rotatable bonds is 5. The molecule has 0 fully saturated rings. The number of carbonyl (C=O) groups is 2. The molecule has 14 heavy (non-hydrogen) atoms. The van der Waals surface area contributed by atoms with Crippen molar-refractivity contribution in [3.05, 3.63) is 0 Å². The van der Waals surface area contributed by atoms with Crippen molar-refractivity contribution in [3.8, 4) is 0 Å². The third kappa shape index (κ3) is 5.78. The van der Waals surface area contributed by atoms with Crippen LogP contribution < -0.4 is 47.9 Å². The minimum Gasteiger partial charge on any atom is -0.550 e. The van der Waals surface area contributed by atoms with Gasteiger partial charge in [0.15, 0.2) is 0 Å². The molecule has 0 heterocycles. The molecule has 0 rings (SSSR count). The van der Waals surface area contributed by atoms with Gasteiger partial charge in [-0.25, -0.2) is 0 Å². The van der Waals surface area contributed by atoms with Crippen LogP contribution in [-0.4, -0.2) is 11.9 Å². The molecule has 2 atom stereocenters. The molecule has 0 spiro atoms. The second kappa shape index (κ2) is 9.68. The van der Waals surface area contributed by atoms with Gasteiger partial charge in [0.1, 0.15) is 0 Å². The van der Waals surface area contributed by atoms with Crippen molar-refractivity contribution in [2.24, 2.45) is 11.8 Å². The molecule has 0 aliphatic carbocycles. The summed E-state index contributed by atoms with van der Waals surface area (Å²) >= 11 is 0. The minimum atomic E-state index is -1.31. The van der Waals surface area contributed by atoms with Crippen molar-refractivity contribution in [1.29, 1.82) is 0 Å². The molecule has 6 heteroatoms. The Kier molecular flexibility index (Phi) is 13.6. The topological polar surface area (TPSA) is 80.3 Å². The summed E-state index contributed by atoms with van der Waals surface area (Å²) in [7, 11) is 0. The van der Waals surface area contributed by atoms with E-state index in [0.29, 0.717) is 0 Å². The number of carboxylic acids is 2. The molecule has 0 aromatic carbocycles. The summed E-state index contributed by atoms with van der Waals surface area (Å²) in [6.07, 6.45) is 0.518. The quantitative estimate of drug-likeness (QED) is 0.399. The Bertz CT molecular complexity index is 164. The van der Waals surface area contributed by atoms with Crippen LogP contribution in [0.25, 0.3) is 0 Å². The van der Waals surface area contributed by atoms with Gasteiger partial charge < -0.3 is 19.8 Å². The molecule has 0 aromatic heterocycles. The zero-order chi connectivity index (χ0) is 9.72. The van der Waals surface area contributed by atoms with Gasteiger partial charge in [-0.2, -0.15) is 0 Å². The Morgan fingerprint density at radius 1 is 0.929 bits per heavy atom. The Morgan fingerprint density at radius 2 is 1.14 bits per heavy atom. The normalized spacial score (nSPS) is 13.0. The second-order valence-corrected chi connectivity index (χ2v) is 2.67. The van der Waals surface area contributed by atoms with Crippen LogP contribution in [0.5, 0.6) is 0 Å². The smallest absolute Gasteiger partial charge is 0.550 e. The Morgan fingerprint density at radius 3 is 1.21 bits per heavy atom. The van der Waals surface area contributed by atoms with E-state index in [9.17, 15) is 19.8 Å². The van der Waals surface area contributed by atoms with Crippen LogP contribution in [0.15, 0.2) is 0 Å². The molecule has 0 N–H and O–H groups in total. The maximum atomic E-state index is 10.4. The van der Waals surface area contributed by atoms with Crippen LogP contribution in [0.4, 0.5) is 0 Å². The van der Waals surface area contributed by atoms with Crippen molar-refractivity contribution in [3.63, 3.8) is 0 Å². The third-order valence-corrected chi connectivity index (χ3v) is 1.97. The van der Waals surface area contributed by atoms with Crippen LogP contribution in [0.2, 0.25) is 0 Å². The SMILES string of the molecule is CCC(C(=O)[O-])C(CC)C(=O)[O-].[Li+].[Li+]. The fourth-order valence-electron chi connectivity index (χ4n) is 1.23. The number of carboxylic acid groups (broad SMARTS) is 2. The average Bonchev–Trinajstić information content (AvgIpc) is 1.98. The molecule has 0 saturated carbocycles. The Balaban J connectivity index is -0.000000605. The fraction of sp³-hybridized carbons (Fsp3) is 0.750. The zero-order valence-electron chi connectivity index (χ0n) is 9.20. The van der Waals surface area contributed by atoms with Gasteiger partial charge in [0, 0.05) is 23.8 Å². The maximum Gasteiger partial charge on any atom is 1.00 e. The summed E-state index contributed by atoms with van der Waals surface area (Å²) in [5.74, 6) is -4.48. The predicted octanol–water partition coefficient (Wildman–Crippen LogP) is -7.45. The largest absolute Gasteiger partial charge is 1.00 e. The van der Waals surface area contributed by atoms with Gasteiger partial charge in [-0.1, -0.05) is 13.8 Å². The van der Waals surface area contributed by atoms with E-state index in [2.05, 4.69) is 0 Å². The first-order valence-electron chi connectivity index (χ1n) is 3.96. The van der Waals surface area contributed by atoms with E-state index in [1.54, 1.807) is 13.8 Å². The molecule has 2 unspecified atom stereocenters. The molecule has 70 valence electrons. The molecule has 0 radical (unpaired) electrons. The Labute approximate surface area is 108 Å². The van der Waals surface area contributed by atoms with E-state index < -0.39 is 23.8 Å². The predicted molar refractivity (Wildman–Crippen MR) is 37.6 cm³/mol. The molecule has 0 aliphatic heterocycles. The molecule has 0 aromatic rings. The van der Waals surface area contributed by atoms with Crippen molar-refractivity contribution >= 4 is 11.9 Å². The molecule has 4 nitrogen and oxygen atoms in total. The van der Waals surface area contributed by atoms with Crippen molar-refractivity contribution in [1.82, 2.24) is 0 Å². The molecular formula is C8H12Li2O4. The number of aliphatic carboxylic acids is 2. The van der Waals surface area contributed by atoms with E-state index in [0.717, 1.165) is 0 Å². The van der Waals surface area contributed by atoms with Gasteiger partial charge in [0.2, 0.25) is 0 Å². The van der Waals surface area contributed by atoms with E-state index >= 15 is 0 Å². The second-order valence-electron chi connectivity index (χ2n) is 2.67. The van der Waals surface area contributed by atoms with Crippen LogP contribution in [0.1, 0.15) is 26.7 Å². The standard InChI is InChI=1S/C8H14O4.2Li/c1-3-5(7(9)10)6(4-2)8(11)12;;/h5-6H,3-4H2,1-2H3,(H,9,10)(H,11,12);;/q;2*+1/p-2. The third-order valence-electron chi connectivity index (χ3n) is 1.97. The summed E-state index contributed by atoms with van der Waals surface area (Å²) in [4.78, 5) is 20.9. The van der Waals surface area contributed by atoms with E-state index in [1.807, 2.05) is 0 Å². The first kappa shape index (κ1) is 19.7. The van der Waals surface area contributed by atoms with E-state index in [4.69, 9.17) is 0 Å². The van der Waals surface area contributed by atoms with E-state index in [-0.39, 0.29) is 50.6 Å². The minimum absolute atomic E-state index is 0. The summed E-state index contributed by atoms with van der Waals surface area (Å²) < 4.78 is 0. The van der Waals surface area contributed by atoms with Gasteiger partial charge in [-0.3, -0.25) is 0 Å². The first-order valence-corrected chi connectivity index (χ1v) is 3.96. The van der Waals surface area contributed by atoms with E-state index in [1.165, 1.54) is 0 Å². The number of hydrogen-bond donors (Lipinski definition) is 0. The summed E-state index contributed by atoms with van der Waals surface area (Å²) in [6.45, 7) is 3.23. The van der Waals surface area contributed by atoms with Crippen molar-refractivity contribution < 1.29 is 57.5 Å². The van der Waals surface area contributed by atoms with Crippen LogP contribution in [0, 0.1) is 11.8 Å². The number of hydrogen-bond acceptors (Lipinski definition) is 4. The average molecular weight is 186 g/mol. The Hall–Kier alpha value is 0.135. The first-order chi connectivity index (χ1) is 5.54. The molecule has 0 saturated heterocycles.